The van der Waals surface area contributed by atoms with Crippen molar-refractivity contribution < 1.29 is 14.1 Å². The minimum atomic E-state index is -0.475. The summed E-state index contributed by atoms with van der Waals surface area (Å²) < 4.78 is 5.00. The smallest absolute Gasteiger partial charge is 0.254 e. The van der Waals surface area contributed by atoms with Crippen LogP contribution in [0.3, 0.4) is 0 Å². The summed E-state index contributed by atoms with van der Waals surface area (Å²) in [4.78, 5) is 31.9. The first-order valence-corrected chi connectivity index (χ1v) is 10.0. The summed E-state index contributed by atoms with van der Waals surface area (Å²) in [7, 11) is 0. The molecule has 3 aromatic rings. The molecule has 30 heavy (non-hydrogen) atoms. The number of hydrogen-bond donors (Lipinski definition) is 1. The topological polar surface area (TPSA) is 88.3 Å². The van der Waals surface area contributed by atoms with Crippen LogP contribution in [0.25, 0.3) is 11.4 Å². The maximum Gasteiger partial charge on any atom is 0.254 e. The number of nitrogens with one attached hydrogen (secondary N) is 1. The average Bonchev–Trinajstić information content (AvgIpc) is 3.40. The molecule has 1 N–H and O–H groups in total. The molecule has 1 atom stereocenters. The van der Waals surface area contributed by atoms with E-state index in [1.165, 1.54) is 0 Å². The molecule has 0 bridgehead atoms. The maximum absolute atomic E-state index is 13.1. The van der Waals surface area contributed by atoms with E-state index < -0.39 is 6.04 Å². The number of carbonyl (C=O) groups is 2. The number of hydrogen-bond acceptors (Lipinski definition) is 5. The molecule has 1 aliphatic rings. The van der Waals surface area contributed by atoms with Crippen molar-refractivity contribution in [3.63, 3.8) is 0 Å². The highest BCUT2D eigenvalue weighted by Gasteiger charge is 2.34. The van der Waals surface area contributed by atoms with Gasteiger partial charge in [-0.2, -0.15) is 4.98 Å². The molecule has 1 fully saturated rings. The van der Waals surface area contributed by atoms with Gasteiger partial charge in [0.1, 0.15) is 6.04 Å². The van der Waals surface area contributed by atoms with Crippen molar-refractivity contribution in [3.8, 4) is 11.4 Å². The second-order valence-electron chi connectivity index (χ2n) is 7.61. The Hall–Kier alpha value is -3.48. The Balaban J connectivity index is 1.49. The van der Waals surface area contributed by atoms with Crippen LogP contribution < -0.4 is 5.32 Å². The van der Waals surface area contributed by atoms with Crippen molar-refractivity contribution in [1.29, 1.82) is 0 Å². The Morgan fingerprint density at radius 1 is 1.10 bits per heavy atom. The molecular weight excluding hydrogens is 380 g/mol. The molecule has 1 aliphatic heterocycles. The molecule has 7 heteroatoms. The number of anilines is 1. The largest absolute Gasteiger partial charge is 0.339 e. The van der Waals surface area contributed by atoms with Crippen LogP contribution in [0, 0.1) is 20.8 Å². The zero-order chi connectivity index (χ0) is 21.3. The Labute approximate surface area is 175 Å². The molecule has 0 spiro atoms. The first-order valence-electron chi connectivity index (χ1n) is 10.0. The normalized spacial score (nSPS) is 16.0. The fraction of sp³-hybridized carbons (Fsp3) is 0.304. The first kappa shape index (κ1) is 19.8. The van der Waals surface area contributed by atoms with Crippen molar-refractivity contribution in [2.24, 2.45) is 0 Å². The van der Waals surface area contributed by atoms with Crippen LogP contribution >= 0.6 is 0 Å². The summed E-state index contributed by atoms with van der Waals surface area (Å²) in [5.74, 6) is 0.677. The van der Waals surface area contributed by atoms with E-state index in [2.05, 4.69) is 15.5 Å². The van der Waals surface area contributed by atoms with Crippen molar-refractivity contribution >= 4 is 17.5 Å². The fourth-order valence-corrected chi connectivity index (χ4v) is 3.73. The van der Waals surface area contributed by atoms with Crippen molar-refractivity contribution in [1.82, 2.24) is 15.0 Å². The van der Waals surface area contributed by atoms with E-state index in [1.54, 1.807) is 36.1 Å². The summed E-state index contributed by atoms with van der Waals surface area (Å²) >= 11 is 0. The standard InChI is InChI=1S/C23H24N4O3/c1-14-6-4-7-19(15(14)2)25-22(28)20-8-5-13-27(20)23(29)18-11-9-17(10-12-18)21-24-16(3)30-26-21/h4,6-7,9-12,20H,5,8,13H2,1-3H3,(H,25,28). The minimum absolute atomic E-state index is 0.145. The van der Waals surface area contributed by atoms with Crippen LogP contribution in [-0.2, 0) is 4.79 Å². The highest BCUT2D eigenvalue weighted by atomic mass is 16.5. The molecule has 1 aromatic heterocycles. The first-order chi connectivity index (χ1) is 14.4. The summed E-state index contributed by atoms with van der Waals surface area (Å²) in [6, 6.07) is 12.4. The maximum atomic E-state index is 13.1. The molecule has 0 aliphatic carbocycles. The average molecular weight is 404 g/mol. The van der Waals surface area contributed by atoms with Gasteiger partial charge in [0.25, 0.3) is 5.91 Å². The van der Waals surface area contributed by atoms with E-state index in [4.69, 9.17) is 4.52 Å². The van der Waals surface area contributed by atoms with E-state index >= 15 is 0 Å². The molecule has 2 heterocycles. The van der Waals surface area contributed by atoms with Crippen LogP contribution in [0.1, 0.15) is 40.2 Å². The lowest BCUT2D eigenvalue weighted by Crippen LogP contribution is -2.43. The molecule has 154 valence electrons. The molecule has 2 amide bonds. The predicted molar refractivity (Wildman–Crippen MR) is 113 cm³/mol. The third-order valence-corrected chi connectivity index (χ3v) is 5.60. The Morgan fingerprint density at radius 2 is 1.87 bits per heavy atom. The zero-order valence-corrected chi connectivity index (χ0v) is 17.3. The SMILES string of the molecule is Cc1nc(-c2ccc(C(=O)N3CCCC3C(=O)Nc3cccc(C)c3C)cc2)no1. The monoisotopic (exact) mass is 404 g/mol. The van der Waals surface area contributed by atoms with Crippen LogP contribution in [0.15, 0.2) is 47.0 Å². The van der Waals surface area contributed by atoms with Gasteiger partial charge in [0, 0.05) is 30.3 Å². The van der Waals surface area contributed by atoms with Crippen LogP contribution in [-0.4, -0.2) is 39.4 Å². The number of aromatic nitrogens is 2. The molecule has 0 saturated carbocycles. The molecule has 7 nitrogen and oxygen atoms in total. The lowest BCUT2D eigenvalue weighted by molar-refractivity contribution is -0.119. The second-order valence-corrected chi connectivity index (χ2v) is 7.61. The van der Waals surface area contributed by atoms with E-state index in [-0.39, 0.29) is 11.8 Å². The molecule has 1 saturated heterocycles. The van der Waals surface area contributed by atoms with Crippen molar-refractivity contribution in [2.75, 3.05) is 11.9 Å². The number of likely N-dealkylation sites (tertiary alicyclic amines) is 1. The molecule has 2 aromatic carbocycles. The van der Waals surface area contributed by atoms with E-state index in [1.807, 2.05) is 32.0 Å². The number of rotatable bonds is 4. The van der Waals surface area contributed by atoms with Gasteiger partial charge in [-0.15, -0.1) is 0 Å². The van der Waals surface area contributed by atoms with Gasteiger partial charge in [0.15, 0.2) is 0 Å². The van der Waals surface area contributed by atoms with Gasteiger partial charge in [-0.25, -0.2) is 0 Å². The van der Waals surface area contributed by atoms with Gasteiger partial charge >= 0.3 is 0 Å². The van der Waals surface area contributed by atoms with Crippen LogP contribution in [0.2, 0.25) is 0 Å². The minimum Gasteiger partial charge on any atom is -0.339 e. The van der Waals surface area contributed by atoms with Gasteiger partial charge in [0.2, 0.25) is 17.6 Å². The van der Waals surface area contributed by atoms with Crippen LogP contribution in [0.4, 0.5) is 5.69 Å². The highest BCUT2D eigenvalue weighted by Crippen LogP contribution is 2.25. The lowest BCUT2D eigenvalue weighted by atomic mass is 10.1. The molecular formula is C23H24N4O3. The van der Waals surface area contributed by atoms with Gasteiger partial charge in [-0.05, 0) is 56.0 Å². The number of amides is 2. The molecule has 1 unspecified atom stereocenters. The Bertz CT molecular complexity index is 1090. The Kier molecular flexibility index (Phi) is 5.35. The summed E-state index contributed by atoms with van der Waals surface area (Å²) in [6.07, 6.45) is 1.46. The number of carbonyl (C=O) groups excluding carboxylic acids is 2. The molecule has 0 radical (unpaired) electrons. The number of benzene rings is 2. The number of aryl methyl sites for hydroxylation is 2. The Morgan fingerprint density at radius 3 is 2.57 bits per heavy atom. The third kappa shape index (κ3) is 3.83. The molecule has 4 rings (SSSR count). The van der Waals surface area contributed by atoms with Gasteiger partial charge < -0.3 is 14.7 Å². The van der Waals surface area contributed by atoms with Crippen molar-refractivity contribution in [2.45, 2.75) is 39.7 Å². The summed E-state index contributed by atoms with van der Waals surface area (Å²) in [5.41, 5.74) is 4.25. The predicted octanol–water partition coefficient (Wildman–Crippen LogP) is 3.91. The van der Waals surface area contributed by atoms with E-state index in [0.29, 0.717) is 30.2 Å². The van der Waals surface area contributed by atoms with Gasteiger partial charge in [-0.3, -0.25) is 9.59 Å². The third-order valence-electron chi connectivity index (χ3n) is 5.60. The number of nitrogens with zero attached hydrogens (tertiary/aromatic N) is 3. The van der Waals surface area contributed by atoms with E-state index in [0.717, 1.165) is 28.8 Å². The second kappa shape index (κ2) is 8.10. The van der Waals surface area contributed by atoms with Crippen molar-refractivity contribution in [3.05, 3.63) is 65.0 Å². The quantitative estimate of drug-likeness (QED) is 0.712. The fourth-order valence-electron chi connectivity index (χ4n) is 3.73. The van der Waals surface area contributed by atoms with Gasteiger partial charge in [0.05, 0.1) is 0 Å². The summed E-state index contributed by atoms with van der Waals surface area (Å²) in [5, 5.41) is 6.89. The van der Waals surface area contributed by atoms with E-state index in [9.17, 15) is 9.59 Å². The lowest BCUT2D eigenvalue weighted by Gasteiger charge is -2.24. The summed E-state index contributed by atoms with van der Waals surface area (Å²) in [6.45, 7) is 6.28. The van der Waals surface area contributed by atoms with Gasteiger partial charge in [-0.1, -0.05) is 29.4 Å². The highest BCUT2D eigenvalue weighted by molar-refractivity contribution is 6.02. The zero-order valence-electron chi connectivity index (χ0n) is 17.3. The van der Waals surface area contributed by atoms with Crippen LogP contribution in [0.5, 0.6) is 0 Å².